The number of benzene rings is 2. The molecule has 0 radical (unpaired) electrons. The van der Waals surface area contributed by atoms with Gasteiger partial charge in [-0.15, -0.1) is 0 Å². The van der Waals surface area contributed by atoms with Gasteiger partial charge in [0, 0.05) is 30.4 Å². The molecule has 0 spiro atoms. The zero-order chi connectivity index (χ0) is 31.3. The minimum atomic E-state index is -1.02. The van der Waals surface area contributed by atoms with E-state index in [-0.39, 0.29) is 36.0 Å². The van der Waals surface area contributed by atoms with Gasteiger partial charge in [0.1, 0.15) is 18.1 Å². The fraction of sp³-hybridized carbons (Fsp3) is 0.469. The molecule has 5 amide bonds. The molecule has 44 heavy (non-hydrogen) atoms. The van der Waals surface area contributed by atoms with E-state index >= 15 is 0 Å². The van der Waals surface area contributed by atoms with E-state index in [1.807, 2.05) is 42.1 Å². The molecule has 5 N–H and O–H groups in total. The summed E-state index contributed by atoms with van der Waals surface area (Å²) in [6, 6.07) is 13.1. The third-order valence-corrected chi connectivity index (χ3v) is 9.37. The van der Waals surface area contributed by atoms with Crippen LogP contribution in [0, 0.1) is 5.82 Å². The molecule has 2 aromatic carbocycles. The van der Waals surface area contributed by atoms with Crippen molar-refractivity contribution in [1.29, 1.82) is 0 Å². The molecule has 2 fully saturated rings. The van der Waals surface area contributed by atoms with Crippen LogP contribution in [0.25, 0.3) is 0 Å². The number of hydrogen-bond acceptors (Lipinski definition) is 6. The summed E-state index contributed by atoms with van der Waals surface area (Å²) < 4.78 is 14.2. The number of fused-ring (bicyclic) bond motifs is 1. The van der Waals surface area contributed by atoms with E-state index in [0.29, 0.717) is 43.8 Å². The van der Waals surface area contributed by atoms with Gasteiger partial charge in [0.15, 0.2) is 0 Å². The Morgan fingerprint density at radius 1 is 0.977 bits per heavy atom. The Morgan fingerprint density at radius 2 is 1.75 bits per heavy atom. The van der Waals surface area contributed by atoms with Gasteiger partial charge in [-0.3, -0.25) is 14.4 Å². The summed E-state index contributed by atoms with van der Waals surface area (Å²) in [6.45, 7) is 0.466. The summed E-state index contributed by atoms with van der Waals surface area (Å²) in [4.78, 5) is 61.4. The molecule has 2 aromatic rings. The maximum atomic E-state index is 14.2. The summed E-state index contributed by atoms with van der Waals surface area (Å²) in [7, 11) is 0. The maximum absolute atomic E-state index is 14.2. The van der Waals surface area contributed by atoms with Crippen molar-refractivity contribution in [2.45, 2.75) is 80.8 Å². The quantitative estimate of drug-likeness (QED) is 0.104. The van der Waals surface area contributed by atoms with Crippen LogP contribution in [-0.2, 0) is 20.8 Å². The first-order valence-electron chi connectivity index (χ1n) is 15.1. The van der Waals surface area contributed by atoms with Crippen molar-refractivity contribution in [3.05, 3.63) is 71.5 Å². The average Bonchev–Trinajstić information content (AvgIpc) is 3.57. The Hall–Kier alpha value is -3.93. The average molecular weight is 626 g/mol. The Kier molecular flexibility index (Phi) is 12.6. The van der Waals surface area contributed by atoms with Crippen LogP contribution in [0.5, 0.6) is 0 Å². The third kappa shape index (κ3) is 9.80. The Bertz CT molecular complexity index is 1300. The highest BCUT2D eigenvalue weighted by molar-refractivity contribution is 8.00. The summed E-state index contributed by atoms with van der Waals surface area (Å²) in [5.74, 6) is -1.05. The monoisotopic (exact) mass is 625 g/mol. The van der Waals surface area contributed by atoms with Crippen LogP contribution in [0.3, 0.4) is 0 Å². The summed E-state index contributed by atoms with van der Waals surface area (Å²) in [5, 5.41) is 14.5. The Morgan fingerprint density at radius 3 is 2.52 bits per heavy atom. The molecule has 12 heteroatoms. The molecule has 2 aliphatic rings. The summed E-state index contributed by atoms with van der Waals surface area (Å²) in [5.41, 5.74) is 0.625. The summed E-state index contributed by atoms with van der Waals surface area (Å²) in [6.07, 6.45) is 5.51. The highest BCUT2D eigenvalue weighted by atomic mass is 32.2. The van der Waals surface area contributed by atoms with Crippen LogP contribution >= 0.6 is 11.8 Å². The van der Waals surface area contributed by atoms with Crippen LogP contribution < -0.4 is 26.6 Å². The molecule has 0 aliphatic carbocycles. The smallest absolute Gasteiger partial charge is 0.315 e. The van der Waals surface area contributed by atoms with Crippen molar-refractivity contribution < 1.29 is 28.4 Å². The molecule has 5 atom stereocenters. The number of hydrogen-bond donors (Lipinski definition) is 5. The number of carbonyl (C=O) groups excluding carboxylic acids is 5. The van der Waals surface area contributed by atoms with Gasteiger partial charge in [0.25, 0.3) is 5.91 Å². The molecule has 4 rings (SSSR count). The lowest BCUT2D eigenvalue weighted by atomic mass is 10.0. The molecular formula is C32H40FN5O5S. The van der Waals surface area contributed by atoms with Crippen molar-refractivity contribution in [2.24, 2.45) is 0 Å². The first kappa shape index (κ1) is 33.0. The van der Waals surface area contributed by atoms with Crippen molar-refractivity contribution in [3.8, 4) is 0 Å². The van der Waals surface area contributed by atoms with Gasteiger partial charge >= 0.3 is 6.03 Å². The highest BCUT2D eigenvalue weighted by Gasteiger charge is 2.42. The number of halogens is 1. The highest BCUT2D eigenvalue weighted by Crippen LogP contribution is 2.33. The SMILES string of the molecule is O=C[C@H](CCCCNC(=O)CCCC[C@@H]1SC[C@@H]2NC(=O)N[C@@H]21)NC(=O)[C@H](Cc1ccccc1)NC(=O)c1ccccc1F. The van der Waals surface area contributed by atoms with E-state index in [4.69, 9.17) is 0 Å². The van der Waals surface area contributed by atoms with Crippen LogP contribution in [0.1, 0.15) is 60.9 Å². The number of carbonyl (C=O) groups is 5. The maximum Gasteiger partial charge on any atom is 0.315 e. The third-order valence-electron chi connectivity index (χ3n) is 7.86. The molecular weight excluding hydrogens is 585 g/mol. The molecule has 2 aliphatic heterocycles. The van der Waals surface area contributed by atoms with E-state index < -0.39 is 29.7 Å². The van der Waals surface area contributed by atoms with Crippen LogP contribution in [0.4, 0.5) is 9.18 Å². The summed E-state index contributed by atoms with van der Waals surface area (Å²) >= 11 is 1.86. The van der Waals surface area contributed by atoms with Gasteiger partial charge in [0.05, 0.1) is 23.7 Å². The van der Waals surface area contributed by atoms with E-state index in [1.54, 1.807) is 0 Å². The second-order valence-electron chi connectivity index (χ2n) is 11.2. The van der Waals surface area contributed by atoms with Gasteiger partial charge in [-0.1, -0.05) is 48.9 Å². The molecule has 0 bridgehead atoms. The number of rotatable bonds is 17. The standard InChI is InChI=1S/C32H40FN5O5S/c33-24-14-5-4-13-23(24)30(41)36-25(18-21-10-2-1-3-11-21)31(42)35-22(19-39)12-8-9-17-34-28(40)16-7-6-15-27-29-26(20-44-27)37-32(43)38-29/h1-5,10-11,13-14,19,22,25-27,29H,6-9,12,15-18,20H2,(H,34,40)(H,35,42)(H,36,41)(H2,37,38,43)/t22-,25-,26-,27-,29-/m0/s1. The van der Waals surface area contributed by atoms with Gasteiger partial charge < -0.3 is 31.4 Å². The molecule has 0 saturated carbocycles. The second-order valence-corrected chi connectivity index (χ2v) is 12.4. The number of nitrogens with one attached hydrogen (secondary N) is 5. The van der Waals surface area contributed by atoms with Crippen molar-refractivity contribution in [1.82, 2.24) is 26.6 Å². The predicted octanol–water partition coefficient (Wildman–Crippen LogP) is 2.86. The number of aldehydes is 1. The molecule has 236 valence electrons. The van der Waals surface area contributed by atoms with Crippen LogP contribution in [0.15, 0.2) is 54.6 Å². The van der Waals surface area contributed by atoms with Crippen LogP contribution in [0.2, 0.25) is 0 Å². The Labute approximate surface area is 261 Å². The van der Waals surface area contributed by atoms with Crippen molar-refractivity contribution in [3.63, 3.8) is 0 Å². The lowest BCUT2D eigenvalue weighted by Gasteiger charge is -2.21. The number of unbranched alkanes of at least 4 members (excludes halogenated alkanes) is 2. The normalized spacial score (nSPS) is 20.0. The van der Waals surface area contributed by atoms with Gasteiger partial charge in [-0.2, -0.15) is 11.8 Å². The minimum Gasteiger partial charge on any atom is -0.356 e. The number of thioether (sulfide) groups is 1. The minimum absolute atomic E-state index is 0.0209. The Balaban J connectivity index is 1.15. The molecule has 2 heterocycles. The van der Waals surface area contributed by atoms with Crippen LogP contribution in [-0.4, -0.2) is 71.8 Å². The molecule has 10 nitrogen and oxygen atoms in total. The molecule has 2 saturated heterocycles. The van der Waals surface area contributed by atoms with Gasteiger partial charge in [-0.25, -0.2) is 9.18 Å². The second kappa shape index (κ2) is 16.8. The van der Waals surface area contributed by atoms with E-state index in [1.165, 1.54) is 24.3 Å². The largest absolute Gasteiger partial charge is 0.356 e. The predicted molar refractivity (Wildman–Crippen MR) is 167 cm³/mol. The lowest BCUT2D eigenvalue weighted by molar-refractivity contribution is -0.125. The molecule has 0 unspecified atom stereocenters. The fourth-order valence-corrected chi connectivity index (χ4v) is 7.02. The van der Waals surface area contributed by atoms with Gasteiger partial charge in [0.2, 0.25) is 11.8 Å². The number of urea groups is 1. The van der Waals surface area contributed by atoms with Crippen molar-refractivity contribution >= 4 is 41.8 Å². The zero-order valence-electron chi connectivity index (χ0n) is 24.6. The topological polar surface area (TPSA) is 146 Å². The fourth-order valence-electron chi connectivity index (χ4n) is 5.48. The van der Waals surface area contributed by atoms with E-state index in [9.17, 15) is 28.4 Å². The lowest BCUT2D eigenvalue weighted by Crippen LogP contribution is -2.51. The van der Waals surface area contributed by atoms with E-state index in [2.05, 4.69) is 26.6 Å². The first-order chi connectivity index (χ1) is 21.3. The molecule has 0 aromatic heterocycles. The number of amides is 5. The first-order valence-corrected chi connectivity index (χ1v) is 16.2. The van der Waals surface area contributed by atoms with E-state index in [0.717, 1.165) is 30.6 Å². The van der Waals surface area contributed by atoms with Crippen molar-refractivity contribution in [2.75, 3.05) is 12.3 Å². The zero-order valence-corrected chi connectivity index (χ0v) is 25.4. The van der Waals surface area contributed by atoms with Gasteiger partial charge in [-0.05, 0) is 49.8 Å².